The molecule has 100 valence electrons. The van der Waals surface area contributed by atoms with Crippen molar-refractivity contribution in [1.82, 2.24) is 15.2 Å². The van der Waals surface area contributed by atoms with Crippen LogP contribution in [-0.4, -0.2) is 34.7 Å². The molecule has 0 bridgehead atoms. The molecule has 19 heavy (non-hydrogen) atoms. The molecule has 0 aromatic carbocycles. The normalized spacial score (nSPS) is 10.2. The van der Waals surface area contributed by atoms with Crippen LogP contribution in [0.1, 0.15) is 23.7 Å². The van der Waals surface area contributed by atoms with Gasteiger partial charge < -0.3 is 4.90 Å². The number of amides is 1. The standard InChI is InChI=1S/C12H15N5OS/c1-3-6-17(2)10-5-4-9(7-13-10)11(18)15-12-16-14-8-19-12/h4-5,7-8H,3,6H2,1-2H3,(H,15,16,18). The van der Waals surface area contributed by atoms with Crippen LogP contribution in [0.4, 0.5) is 10.9 Å². The summed E-state index contributed by atoms with van der Waals surface area (Å²) < 4.78 is 0. The number of aromatic nitrogens is 3. The number of carbonyl (C=O) groups excluding carboxylic acids is 1. The predicted molar refractivity (Wildman–Crippen MR) is 75.7 cm³/mol. The molecule has 0 spiro atoms. The quantitative estimate of drug-likeness (QED) is 0.905. The maximum absolute atomic E-state index is 11.9. The van der Waals surface area contributed by atoms with Crippen LogP contribution in [0.15, 0.2) is 23.8 Å². The molecular weight excluding hydrogens is 262 g/mol. The van der Waals surface area contributed by atoms with Crippen molar-refractivity contribution in [2.75, 3.05) is 23.8 Å². The van der Waals surface area contributed by atoms with Crippen molar-refractivity contribution in [1.29, 1.82) is 0 Å². The predicted octanol–water partition coefficient (Wildman–Crippen LogP) is 2.03. The smallest absolute Gasteiger partial charge is 0.259 e. The van der Waals surface area contributed by atoms with Crippen molar-refractivity contribution in [3.8, 4) is 0 Å². The van der Waals surface area contributed by atoms with Gasteiger partial charge in [0.25, 0.3) is 5.91 Å². The molecule has 2 rings (SSSR count). The molecule has 2 aromatic rings. The fourth-order valence-corrected chi connectivity index (χ4v) is 2.03. The zero-order chi connectivity index (χ0) is 13.7. The van der Waals surface area contributed by atoms with E-state index in [-0.39, 0.29) is 5.91 Å². The van der Waals surface area contributed by atoms with Crippen molar-refractivity contribution < 1.29 is 4.79 Å². The van der Waals surface area contributed by atoms with Crippen LogP contribution in [0.25, 0.3) is 0 Å². The number of rotatable bonds is 5. The van der Waals surface area contributed by atoms with Gasteiger partial charge in [0.1, 0.15) is 11.3 Å². The first-order valence-corrected chi connectivity index (χ1v) is 6.83. The SMILES string of the molecule is CCCN(C)c1ccc(C(=O)Nc2nncs2)cn1. The molecule has 1 N–H and O–H groups in total. The van der Waals surface area contributed by atoms with Gasteiger partial charge in [0, 0.05) is 19.8 Å². The second kappa shape index (κ2) is 6.24. The Balaban J connectivity index is 2.03. The maximum Gasteiger partial charge on any atom is 0.259 e. The zero-order valence-corrected chi connectivity index (χ0v) is 11.6. The Bertz CT molecular complexity index is 526. The molecule has 0 unspecified atom stereocenters. The number of nitrogens with one attached hydrogen (secondary N) is 1. The summed E-state index contributed by atoms with van der Waals surface area (Å²) in [5.74, 6) is 0.628. The summed E-state index contributed by atoms with van der Waals surface area (Å²) in [7, 11) is 1.98. The molecule has 0 atom stereocenters. The first-order valence-electron chi connectivity index (χ1n) is 5.95. The zero-order valence-electron chi connectivity index (χ0n) is 10.8. The molecule has 0 saturated heterocycles. The van der Waals surface area contributed by atoms with Crippen LogP contribution in [0.2, 0.25) is 0 Å². The fraction of sp³-hybridized carbons (Fsp3) is 0.333. The first-order chi connectivity index (χ1) is 9.20. The van der Waals surface area contributed by atoms with Gasteiger partial charge in [-0.15, -0.1) is 10.2 Å². The van der Waals surface area contributed by atoms with E-state index in [1.807, 2.05) is 18.0 Å². The molecule has 0 aliphatic rings. The van der Waals surface area contributed by atoms with Gasteiger partial charge in [-0.3, -0.25) is 10.1 Å². The first kappa shape index (κ1) is 13.4. The van der Waals surface area contributed by atoms with E-state index >= 15 is 0 Å². The van der Waals surface area contributed by atoms with Crippen LogP contribution in [-0.2, 0) is 0 Å². The minimum absolute atomic E-state index is 0.228. The largest absolute Gasteiger partial charge is 0.360 e. The highest BCUT2D eigenvalue weighted by Crippen LogP contribution is 2.13. The Hall–Kier alpha value is -2.02. The molecule has 0 saturated carbocycles. The Morgan fingerprint density at radius 3 is 2.89 bits per heavy atom. The van der Waals surface area contributed by atoms with E-state index in [1.54, 1.807) is 17.8 Å². The topological polar surface area (TPSA) is 71.0 Å². The molecule has 7 heteroatoms. The third kappa shape index (κ3) is 3.47. The van der Waals surface area contributed by atoms with Crippen molar-refractivity contribution in [3.63, 3.8) is 0 Å². The van der Waals surface area contributed by atoms with E-state index in [4.69, 9.17) is 0 Å². The van der Waals surface area contributed by atoms with Crippen LogP contribution in [0.3, 0.4) is 0 Å². The molecule has 1 amide bonds. The summed E-state index contributed by atoms with van der Waals surface area (Å²) in [5.41, 5.74) is 2.07. The average Bonchev–Trinajstić information content (AvgIpc) is 2.92. The lowest BCUT2D eigenvalue weighted by molar-refractivity contribution is 0.102. The van der Waals surface area contributed by atoms with Crippen molar-refractivity contribution in [3.05, 3.63) is 29.4 Å². The van der Waals surface area contributed by atoms with E-state index in [0.29, 0.717) is 10.7 Å². The Kier molecular flexibility index (Phi) is 4.40. The van der Waals surface area contributed by atoms with Gasteiger partial charge in [0.2, 0.25) is 5.13 Å². The van der Waals surface area contributed by atoms with E-state index in [9.17, 15) is 4.79 Å². The number of hydrogen-bond acceptors (Lipinski definition) is 6. The molecule has 0 aliphatic carbocycles. The number of nitrogens with zero attached hydrogens (tertiary/aromatic N) is 4. The number of carbonyl (C=O) groups is 1. The highest BCUT2D eigenvalue weighted by Gasteiger charge is 2.09. The monoisotopic (exact) mass is 277 g/mol. The number of hydrogen-bond donors (Lipinski definition) is 1. The second-order valence-corrected chi connectivity index (χ2v) is 4.86. The highest BCUT2D eigenvalue weighted by molar-refractivity contribution is 7.13. The van der Waals surface area contributed by atoms with Crippen molar-refractivity contribution in [2.24, 2.45) is 0 Å². The van der Waals surface area contributed by atoms with Gasteiger partial charge in [0.15, 0.2) is 0 Å². The molecule has 0 radical (unpaired) electrons. The van der Waals surface area contributed by atoms with E-state index in [2.05, 4.69) is 27.4 Å². The lowest BCUT2D eigenvalue weighted by Crippen LogP contribution is -2.19. The summed E-state index contributed by atoms with van der Waals surface area (Å²) in [6, 6.07) is 3.59. The summed E-state index contributed by atoms with van der Waals surface area (Å²) in [4.78, 5) is 18.2. The van der Waals surface area contributed by atoms with Crippen molar-refractivity contribution in [2.45, 2.75) is 13.3 Å². The summed E-state index contributed by atoms with van der Waals surface area (Å²) in [5, 5.41) is 10.6. The Morgan fingerprint density at radius 2 is 2.32 bits per heavy atom. The molecular formula is C12H15N5OS. The Labute approximate surface area is 115 Å². The highest BCUT2D eigenvalue weighted by atomic mass is 32.1. The lowest BCUT2D eigenvalue weighted by Gasteiger charge is -2.16. The number of anilines is 2. The van der Waals surface area contributed by atoms with Gasteiger partial charge in [-0.2, -0.15) is 0 Å². The van der Waals surface area contributed by atoms with Gasteiger partial charge in [-0.25, -0.2) is 4.98 Å². The van der Waals surface area contributed by atoms with Gasteiger partial charge in [0.05, 0.1) is 5.56 Å². The molecule has 2 heterocycles. The van der Waals surface area contributed by atoms with Crippen LogP contribution < -0.4 is 10.2 Å². The minimum atomic E-state index is -0.228. The van der Waals surface area contributed by atoms with Gasteiger partial charge in [-0.05, 0) is 18.6 Å². The summed E-state index contributed by atoms with van der Waals surface area (Å²) in [6.45, 7) is 3.05. The minimum Gasteiger partial charge on any atom is -0.360 e. The van der Waals surface area contributed by atoms with E-state index < -0.39 is 0 Å². The Morgan fingerprint density at radius 1 is 1.47 bits per heavy atom. The summed E-state index contributed by atoms with van der Waals surface area (Å²) in [6.07, 6.45) is 2.62. The lowest BCUT2D eigenvalue weighted by atomic mass is 10.2. The van der Waals surface area contributed by atoms with Gasteiger partial charge >= 0.3 is 0 Å². The number of pyridine rings is 1. The second-order valence-electron chi connectivity index (χ2n) is 4.02. The fourth-order valence-electron chi connectivity index (χ4n) is 1.59. The molecule has 6 nitrogen and oxygen atoms in total. The molecule has 0 aliphatic heterocycles. The average molecular weight is 277 g/mol. The van der Waals surface area contributed by atoms with Crippen LogP contribution in [0.5, 0.6) is 0 Å². The van der Waals surface area contributed by atoms with Gasteiger partial charge in [-0.1, -0.05) is 18.3 Å². The van der Waals surface area contributed by atoms with Crippen molar-refractivity contribution >= 4 is 28.2 Å². The van der Waals surface area contributed by atoms with Crippen LogP contribution >= 0.6 is 11.3 Å². The maximum atomic E-state index is 11.9. The molecule has 2 aromatic heterocycles. The third-order valence-corrected chi connectivity index (χ3v) is 3.15. The van der Waals surface area contributed by atoms with Crippen LogP contribution in [0, 0.1) is 0 Å². The van der Waals surface area contributed by atoms with E-state index in [1.165, 1.54) is 11.3 Å². The van der Waals surface area contributed by atoms with E-state index in [0.717, 1.165) is 18.8 Å². The molecule has 0 fully saturated rings. The summed E-state index contributed by atoms with van der Waals surface area (Å²) >= 11 is 1.28. The third-order valence-electron chi connectivity index (χ3n) is 2.54.